The molecule has 0 saturated carbocycles. The molecule has 25 heavy (non-hydrogen) atoms. The first-order valence-electron chi connectivity index (χ1n) is 8.57. The summed E-state index contributed by atoms with van der Waals surface area (Å²) < 4.78 is 6.06. The Morgan fingerprint density at radius 1 is 0.960 bits per heavy atom. The van der Waals surface area contributed by atoms with Gasteiger partial charge in [0.1, 0.15) is 12.4 Å². The van der Waals surface area contributed by atoms with Crippen molar-refractivity contribution < 1.29 is 4.74 Å². The van der Waals surface area contributed by atoms with Crippen LogP contribution in [0.3, 0.4) is 0 Å². The van der Waals surface area contributed by atoms with Crippen LogP contribution < -0.4 is 4.74 Å². The zero-order valence-corrected chi connectivity index (χ0v) is 14.3. The van der Waals surface area contributed by atoms with E-state index in [-0.39, 0.29) is 5.41 Å². The summed E-state index contributed by atoms with van der Waals surface area (Å²) in [7, 11) is 0. The fourth-order valence-corrected chi connectivity index (χ4v) is 4.51. The highest BCUT2D eigenvalue weighted by Crippen LogP contribution is 2.57. The number of fused-ring (bicyclic) bond motifs is 8. The lowest BCUT2D eigenvalue weighted by atomic mass is 9.77. The molecule has 5 rings (SSSR count). The van der Waals surface area contributed by atoms with Gasteiger partial charge in [0.25, 0.3) is 0 Å². The van der Waals surface area contributed by atoms with Gasteiger partial charge in [-0.2, -0.15) is 5.26 Å². The highest BCUT2D eigenvalue weighted by atomic mass is 16.5. The Hall–Kier alpha value is -3.05. The summed E-state index contributed by atoms with van der Waals surface area (Å²) in [5.41, 5.74) is 6.58. The van der Waals surface area contributed by atoms with Gasteiger partial charge in [-0.05, 0) is 33.7 Å². The van der Waals surface area contributed by atoms with Crippen LogP contribution in [0.15, 0.2) is 54.6 Å². The molecule has 0 atom stereocenters. The third-order valence-electron chi connectivity index (χ3n) is 5.57. The molecular formula is C23H17NO. The predicted molar refractivity (Wildman–Crippen MR) is 101 cm³/mol. The molecule has 3 aromatic rings. The molecule has 0 radical (unpaired) electrons. The van der Waals surface area contributed by atoms with E-state index >= 15 is 0 Å². The number of allylic oxidation sites excluding steroid dienone is 1. The van der Waals surface area contributed by atoms with E-state index in [9.17, 15) is 5.26 Å². The van der Waals surface area contributed by atoms with Crippen molar-refractivity contribution >= 4 is 16.3 Å². The smallest absolute Gasteiger partial charge is 0.136 e. The highest BCUT2D eigenvalue weighted by Gasteiger charge is 2.41. The van der Waals surface area contributed by atoms with E-state index in [1.54, 1.807) is 0 Å². The van der Waals surface area contributed by atoms with Crippen molar-refractivity contribution in [3.05, 3.63) is 71.3 Å². The molecular weight excluding hydrogens is 306 g/mol. The number of hydrogen-bond donors (Lipinski definition) is 0. The minimum absolute atomic E-state index is 0.170. The fourth-order valence-electron chi connectivity index (χ4n) is 4.51. The largest absolute Gasteiger partial charge is 0.488 e. The monoisotopic (exact) mass is 323 g/mol. The molecule has 2 heteroatoms. The van der Waals surface area contributed by atoms with E-state index in [4.69, 9.17) is 4.74 Å². The molecule has 1 heterocycles. The molecule has 0 spiro atoms. The van der Waals surface area contributed by atoms with E-state index in [0.717, 1.165) is 22.3 Å². The molecule has 2 nitrogen and oxygen atoms in total. The minimum Gasteiger partial charge on any atom is -0.488 e. The molecule has 0 fully saturated rings. The summed E-state index contributed by atoms with van der Waals surface area (Å²) in [5.74, 6) is 0.856. The first-order valence-corrected chi connectivity index (χ1v) is 8.57. The van der Waals surface area contributed by atoms with E-state index in [2.05, 4.69) is 62.4 Å². The minimum atomic E-state index is -0.170. The maximum Gasteiger partial charge on any atom is 0.136 e. The van der Waals surface area contributed by atoms with Crippen LogP contribution in [0.25, 0.3) is 27.5 Å². The van der Waals surface area contributed by atoms with Crippen LogP contribution in [0.5, 0.6) is 5.75 Å². The molecule has 0 saturated heterocycles. The van der Waals surface area contributed by atoms with Crippen LogP contribution in [0, 0.1) is 11.3 Å². The third kappa shape index (κ3) is 1.68. The maximum atomic E-state index is 9.75. The van der Waals surface area contributed by atoms with Crippen LogP contribution in [0.4, 0.5) is 0 Å². The maximum absolute atomic E-state index is 9.75. The Kier molecular flexibility index (Phi) is 2.71. The summed E-state index contributed by atoms with van der Waals surface area (Å²) in [6.07, 6.45) is 1.90. The van der Waals surface area contributed by atoms with Gasteiger partial charge in [-0.25, -0.2) is 0 Å². The second kappa shape index (κ2) is 4.74. The van der Waals surface area contributed by atoms with E-state index in [1.165, 1.54) is 27.6 Å². The van der Waals surface area contributed by atoms with Gasteiger partial charge in [0.15, 0.2) is 0 Å². The van der Waals surface area contributed by atoms with Crippen molar-refractivity contribution in [2.45, 2.75) is 19.3 Å². The van der Waals surface area contributed by atoms with Crippen LogP contribution in [0.1, 0.15) is 30.5 Å². The Morgan fingerprint density at radius 2 is 1.68 bits per heavy atom. The zero-order chi connectivity index (χ0) is 17.2. The highest BCUT2D eigenvalue weighted by molar-refractivity contribution is 6.10. The number of ether oxygens (including phenoxy) is 1. The van der Waals surface area contributed by atoms with Gasteiger partial charge >= 0.3 is 0 Å². The standard InChI is InChI=1S/C23H17NO/c1-23(2)18-10-6-5-9-17(18)20-15-7-3-4-8-16(15)22-19(21(20)23)14(13-24)11-12-25-22/h3-11H,12H2,1-2H3. The fraction of sp³-hybridized carbons (Fsp3) is 0.174. The summed E-state index contributed by atoms with van der Waals surface area (Å²) >= 11 is 0. The summed E-state index contributed by atoms with van der Waals surface area (Å²) in [6, 6.07) is 19.4. The van der Waals surface area contributed by atoms with Crippen LogP contribution in [0.2, 0.25) is 0 Å². The molecule has 3 aromatic carbocycles. The van der Waals surface area contributed by atoms with Crippen molar-refractivity contribution in [3.8, 4) is 22.9 Å². The second-order valence-electron chi connectivity index (χ2n) is 7.21. The van der Waals surface area contributed by atoms with Crippen molar-refractivity contribution in [1.82, 2.24) is 0 Å². The molecule has 1 aliphatic heterocycles. The lowest BCUT2D eigenvalue weighted by Gasteiger charge is -2.28. The number of benzene rings is 3. The third-order valence-corrected chi connectivity index (χ3v) is 5.57. The number of rotatable bonds is 0. The molecule has 0 aromatic heterocycles. The molecule has 0 unspecified atom stereocenters. The van der Waals surface area contributed by atoms with E-state index in [0.29, 0.717) is 6.61 Å². The average molecular weight is 323 g/mol. The molecule has 120 valence electrons. The van der Waals surface area contributed by atoms with E-state index in [1.807, 2.05) is 12.1 Å². The Bertz CT molecular complexity index is 1130. The van der Waals surface area contributed by atoms with Gasteiger partial charge < -0.3 is 4.74 Å². The van der Waals surface area contributed by atoms with Crippen LogP contribution >= 0.6 is 0 Å². The topological polar surface area (TPSA) is 33.0 Å². The summed E-state index contributed by atoms with van der Waals surface area (Å²) in [4.78, 5) is 0. The van der Waals surface area contributed by atoms with Gasteiger partial charge in [0.05, 0.1) is 11.6 Å². The number of nitrogens with zero attached hydrogens (tertiary/aromatic N) is 1. The zero-order valence-electron chi connectivity index (χ0n) is 14.3. The van der Waals surface area contributed by atoms with Crippen LogP contribution in [-0.4, -0.2) is 6.61 Å². The van der Waals surface area contributed by atoms with Crippen molar-refractivity contribution in [1.29, 1.82) is 5.26 Å². The van der Waals surface area contributed by atoms with Crippen LogP contribution in [-0.2, 0) is 5.41 Å². The first kappa shape index (κ1) is 14.3. The molecule has 0 amide bonds. The Morgan fingerprint density at radius 3 is 2.48 bits per heavy atom. The van der Waals surface area contributed by atoms with Crippen molar-refractivity contribution in [2.75, 3.05) is 6.61 Å². The van der Waals surface area contributed by atoms with Gasteiger partial charge in [-0.3, -0.25) is 0 Å². The second-order valence-corrected chi connectivity index (χ2v) is 7.21. The van der Waals surface area contributed by atoms with Gasteiger partial charge in [-0.15, -0.1) is 0 Å². The van der Waals surface area contributed by atoms with Gasteiger partial charge in [-0.1, -0.05) is 62.4 Å². The first-order chi connectivity index (χ1) is 12.1. The summed E-state index contributed by atoms with van der Waals surface area (Å²) in [6.45, 7) is 4.94. The van der Waals surface area contributed by atoms with Crippen molar-refractivity contribution in [3.63, 3.8) is 0 Å². The molecule has 0 N–H and O–H groups in total. The summed E-state index contributed by atoms with van der Waals surface area (Å²) in [5, 5.41) is 12.0. The van der Waals surface area contributed by atoms with Gasteiger partial charge in [0, 0.05) is 16.4 Å². The molecule has 2 aliphatic rings. The Labute approximate surface area is 147 Å². The SMILES string of the molecule is CC1(C)c2ccccc2-c2c1c1c(c3ccccc23)OCC=C1C#N. The Balaban J connectivity index is 2.07. The normalized spacial score (nSPS) is 16.3. The molecule has 0 bridgehead atoms. The lowest BCUT2D eigenvalue weighted by Crippen LogP contribution is -2.19. The lowest BCUT2D eigenvalue weighted by molar-refractivity contribution is 0.361. The number of nitriles is 1. The predicted octanol–water partition coefficient (Wildman–Crippen LogP) is 5.45. The van der Waals surface area contributed by atoms with Crippen molar-refractivity contribution in [2.24, 2.45) is 0 Å². The van der Waals surface area contributed by atoms with E-state index < -0.39 is 0 Å². The quantitative estimate of drug-likeness (QED) is 0.551. The average Bonchev–Trinajstić information content (AvgIpc) is 2.89. The van der Waals surface area contributed by atoms with Gasteiger partial charge in [0.2, 0.25) is 0 Å². The number of hydrogen-bond acceptors (Lipinski definition) is 2. The molecule has 1 aliphatic carbocycles.